The summed E-state index contributed by atoms with van der Waals surface area (Å²) in [5.41, 5.74) is 1.19. The molecule has 2 aromatic heterocycles. The van der Waals surface area contributed by atoms with E-state index in [1.165, 1.54) is 6.20 Å². The molecule has 0 atom stereocenters. The van der Waals surface area contributed by atoms with Crippen LogP contribution < -0.4 is 0 Å². The van der Waals surface area contributed by atoms with Crippen LogP contribution in [-0.2, 0) is 0 Å². The SMILES string of the molecule is Cc1nc(Cl)cc(-c2cncc(Cl)n2)n1. The highest BCUT2D eigenvalue weighted by Crippen LogP contribution is 2.18. The molecule has 0 amide bonds. The van der Waals surface area contributed by atoms with Crippen LogP contribution in [0.4, 0.5) is 0 Å². The summed E-state index contributed by atoms with van der Waals surface area (Å²) in [6, 6.07) is 1.62. The minimum Gasteiger partial charge on any atom is -0.259 e. The zero-order valence-electron chi connectivity index (χ0n) is 7.78. The van der Waals surface area contributed by atoms with Crippen LogP contribution in [0.3, 0.4) is 0 Å². The van der Waals surface area contributed by atoms with Crippen molar-refractivity contribution in [3.05, 3.63) is 34.6 Å². The van der Waals surface area contributed by atoms with Gasteiger partial charge < -0.3 is 0 Å². The van der Waals surface area contributed by atoms with Crippen LogP contribution in [0.15, 0.2) is 18.5 Å². The van der Waals surface area contributed by atoms with E-state index in [0.717, 1.165) is 0 Å². The summed E-state index contributed by atoms with van der Waals surface area (Å²) in [5.74, 6) is 0.583. The normalized spacial score (nSPS) is 10.3. The monoisotopic (exact) mass is 240 g/mol. The highest BCUT2D eigenvalue weighted by molar-refractivity contribution is 6.30. The Morgan fingerprint density at radius 1 is 0.933 bits per heavy atom. The van der Waals surface area contributed by atoms with Gasteiger partial charge in [-0.05, 0) is 6.92 Å². The van der Waals surface area contributed by atoms with Crippen LogP contribution in [0, 0.1) is 6.92 Å². The van der Waals surface area contributed by atoms with E-state index < -0.39 is 0 Å². The molecule has 0 saturated heterocycles. The molecule has 0 radical (unpaired) electrons. The van der Waals surface area contributed by atoms with Crippen molar-refractivity contribution in [2.75, 3.05) is 0 Å². The van der Waals surface area contributed by atoms with Gasteiger partial charge >= 0.3 is 0 Å². The Bertz CT molecular complexity index is 481. The van der Waals surface area contributed by atoms with Gasteiger partial charge in [-0.2, -0.15) is 0 Å². The van der Waals surface area contributed by atoms with Crippen LogP contribution in [0.1, 0.15) is 5.82 Å². The third kappa shape index (κ3) is 2.40. The second-order valence-electron chi connectivity index (χ2n) is 2.85. The molecular formula is C9H6Cl2N4. The van der Waals surface area contributed by atoms with Crippen molar-refractivity contribution >= 4 is 23.2 Å². The molecule has 0 aliphatic rings. The van der Waals surface area contributed by atoms with Gasteiger partial charge in [0.15, 0.2) is 0 Å². The maximum absolute atomic E-state index is 5.81. The van der Waals surface area contributed by atoms with Crippen molar-refractivity contribution in [3.8, 4) is 11.4 Å². The molecule has 4 nitrogen and oxygen atoms in total. The molecule has 0 saturated carbocycles. The fraction of sp³-hybridized carbons (Fsp3) is 0.111. The number of nitrogens with zero attached hydrogens (tertiary/aromatic N) is 4. The molecule has 6 heteroatoms. The van der Waals surface area contributed by atoms with Crippen LogP contribution in [0.5, 0.6) is 0 Å². The molecule has 0 aliphatic heterocycles. The Balaban J connectivity index is 2.54. The molecule has 0 fully saturated rings. The molecule has 2 rings (SSSR count). The second-order valence-corrected chi connectivity index (χ2v) is 3.62. The van der Waals surface area contributed by atoms with E-state index >= 15 is 0 Å². The third-order valence-corrected chi connectivity index (χ3v) is 2.05. The van der Waals surface area contributed by atoms with Crippen molar-refractivity contribution in [2.24, 2.45) is 0 Å². The summed E-state index contributed by atoms with van der Waals surface area (Å²) < 4.78 is 0. The zero-order valence-corrected chi connectivity index (χ0v) is 9.29. The van der Waals surface area contributed by atoms with E-state index in [1.807, 2.05) is 0 Å². The number of aryl methyl sites for hydroxylation is 1. The maximum Gasteiger partial charge on any atom is 0.148 e. The van der Waals surface area contributed by atoms with E-state index in [9.17, 15) is 0 Å². The topological polar surface area (TPSA) is 51.6 Å². The van der Waals surface area contributed by atoms with Gasteiger partial charge in [-0.3, -0.25) is 4.98 Å². The Morgan fingerprint density at radius 3 is 2.40 bits per heavy atom. The highest BCUT2D eigenvalue weighted by Gasteiger charge is 2.05. The number of hydrogen-bond donors (Lipinski definition) is 0. The summed E-state index contributed by atoms with van der Waals surface area (Å²) >= 11 is 11.5. The highest BCUT2D eigenvalue weighted by atomic mass is 35.5. The van der Waals surface area contributed by atoms with Gasteiger partial charge in [0, 0.05) is 6.07 Å². The van der Waals surface area contributed by atoms with E-state index in [4.69, 9.17) is 23.2 Å². The molecule has 76 valence electrons. The first-order valence-corrected chi connectivity index (χ1v) is 4.90. The van der Waals surface area contributed by atoms with Crippen molar-refractivity contribution in [3.63, 3.8) is 0 Å². The van der Waals surface area contributed by atoms with E-state index in [-0.39, 0.29) is 0 Å². The molecule has 0 N–H and O–H groups in total. The Labute approximate surface area is 96.3 Å². The summed E-state index contributed by atoms with van der Waals surface area (Å²) in [6.45, 7) is 1.76. The van der Waals surface area contributed by atoms with Gasteiger partial charge in [0.1, 0.15) is 21.8 Å². The number of aromatic nitrogens is 4. The van der Waals surface area contributed by atoms with Crippen LogP contribution >= 0.6 is 23.2 Å². The Morgan fingerprint density at radius 2 is 1.73 bits per heavy atom. The van der Waals surface area contributed by atoms with Crippen LogP contribution in [0.25, 0.3) is 11.4 Å². The van der Waals surface area contributed by atoms with Crippen molar-refractivity contribution < 1.29 is 0 Å². The molecular weight excluding hydrogens is 235 g/mol. The molecule has 2 aromatic rings. The molecule has 15 heavy (non-hydrogen) atoms. The molecule has 2 heterocycles. The van der Waals surface area contributed by atoms with Crippen LogP contribution in [-0.4, -0.2) is 19.9 Å². The van der Waals surface area contributed by atoms with E-state index in [2.05, 4.69) is 19.9 Å². The fourth-order valence-corrected chi connectivity index (χ4v) is 1.50. The maximum atomic E-state index is 5.81. The minimum atomic E-state index is 0.319. The first-order valence-electron chi connectivity index (χ1n) is 4.14. The van der Waals surface area contributed by atoms with Crippen LogP contribution in [0.2, 0.25) is 10.3 Å². The quantitative estimate of drug-likeness (QED) is 0.720. The summed E-state index contributed by atoms with van der Waals surface area (Å²) in [4.78, 5) is 16.1. The standard InChI is InChI=1S/C9H6Cl2N4/c1-5-13-6(2-8(10)14-5)7-3-12-4-9(11)15-7/h2-4H,1H3. The molecule has 0 unspecified atom stereocenters. The molecule has 0 spiro atoms. The summed E-state index contributed by atoms with van der Waals surface area (Å²) in [6.07, 6.45) is 3.03. The minimum absolute atomic E-state index is 0.319. The molecule has 0 aromatic carbocycles. The number of hydrogen-bond acceptors (Lipinski definition) is 4. The fourth-order valence-electron chi connectivity index (χ4n) is 1.13. The third-order valence-electron chi connectivity index (χ3n) is 1.67. The van der Waals surface area contributed by atoms with Crippen molar-refractivity contribution in [1.29, 1.82) is 0 Å². The first-order chi connectivity index (χ1) is 7.15. The molecule has 0 aliphatic carbocycles. The van der Waals surface area contributed by atoms with Gasteiger partial charge in [-0.25, -0.2) is 15.0 Å². The number of halogens is 2. The smallest absolute Gasteiger partial charge is 0.148 e. The van der Waals surface area contributed by atoms with E-state index in [1.54, 1.807) is 19.2 Å². The van der Waals surface area contributed by atoms with Crippen molar-refractivity contribution in [1.82, 2.24) is 19.9 Å². The predicted molar refractivity (Wildman–Crippen MR) is 57.8 cm³/mol. The lowest BCUT2D eigenvalue weighted by Gasteiger charge is -2.01. The summed E-state index contributed by atoms with van der Waals surface area (Å²) in [7, 11) is 0. The zero-order chi connectivity index (χ0) is 10.8. The predicted octanol–water partition coefficient (Wildman–Crippen LogP) is 2.55. The van der Waals surface area contributed by atoms with Gasteiger partial charge in [0.2, 0.25) is 0 Å². The summed E-state index contributed by atoms with van der Waals surface area (Å²) in [5, 5.41) is 0.694. The second kappa shape index (κ2) is 4.08. The average Bonchev–Trinajstić information content (AvgIpc) is 2.16. The first kappa shape index (κ1) is 10.3. The Hall–Kier alpha value is -1.26. The lowest BCUT2D eigenvalue weighted by molar-refractivity contribution is 1.05. The van der Waals surface area contributed by atoms with Gasteiger partial charge in [0.25, 0.3) is 0 Å². The van der Waals surface area contributed by atoms with Gasteiger partial charge in [-0.1, -0.05) is 23.2 Å². The molecule has 0 bridgehead atoms. The average molecular weight is 241 g/mol. The van der Waals surface area contributed by atoms with Crippen molar-refractivity contribution in [2.45, 2.75) is 6.92 Å². The van der Waals surface area contributed by atoms with Gasteiger partial charge in [-0.15, -0.1) is 0 Å². The number of rotatable bonds is 1. The Kier molecular flexibility index (Phi) is 2.79. The largest absolute Gasteiger partial charge is 0.259 e. The van der Waals surface area contributed by atoms with Gasteiger partial charge in [0.05, 0.1) is 18.1 Å². The lowest BCUT2D eigenvalue weighted by atomic mass is 10.3. The van der Waals surface area contributed by atoms with E-state index in [0.29, 0.717) is 27.5 Å². The lowest BCUT2D eigenvalue weighted by Crippen LogP contribution is -1.94.